The van der Waals surface area contributed by atoms with Crippen LogP contribution in [0, 0.1) is 0 Å². The molecule has 0 saturated carbocycles. The van der Waals surface area contributed by atoms with Crippen LogP contribution < -0.4 is 15.4 Å². The van der Waals surface area contributed by atoms with Crippen LogP contribution in [0.15, 0.2) is 18.2 Å². The monoisotopic (exact) mass is 310 g/mol. The van der Waals surface area contributed by atoms with E-state index in [9.17, 15) is 9.90 Å². The summed E-state index contributed by atoms with van der Waals surface area (Å²) in [6.07, 6.45) is -0.439. The standard InChI is InChI=1S/C16H26N2O4/c1-11(13-10-12(21-5)6-7-14(13)19)17-8-9-18-15(20)22-16(2,3)4/h6-7,10-11,17,19H,8-9H2,1-5H3,(H,18,20). The Bertz CT molecular complexity index is 497. The maximum absolute atomic E-state index is 11.5. The number of carbonyl (C=O) groups excluding carboxylic acids is 1. The molecule has 1 unspecified atom stereocenters. The van der Waals surface area contributed by atoms with E-state index in [2.05, 4.69) is 10.6 Å². The first-order valence-corrected chi connectivity index (χ1v) is 7.30. The molecular weight excluding hydrogens is 284 g/mol. The van der Waals surface area contributed by atoms with Crippen molar-refractivity contribution in [3.05, 3.63) is 23.8 Å². The molecule has 1 aromatic carbocycles. The van der Waals surface area contributed by atoms with Crippen LogP contribution in [-0.4, -0.2) is 37.0 Å². The zero-order valence-electron chi connectivity index (χ0n) is 13.9. The highest BCUT2D eigenvalue weighted by molar-refractivity contribution is 5.67. The molecular formula is C16H26N2O4. The number of ether oxygens (including phenoxy) is 2. The lowest BCUT2D eigenvalue weighted by atomic mass is 10.1. The number of nitrogens with one attached hydrogen (secondary N) is 2. The summed E-state index contributed by atoms with van der Waals surface area (Å²) in [6, 6.07) is 5.02. The fourth-order valence-corrected chi connectivity index (χ4v) is 1.88. The van der Waals surface area contributed by atoms with E-state index in [1.165, 1.54) is 0 Å². The molecule has 0 fully saturated rings. The summed E-state index contributed by atoms with van der Waals surface area (Å²) in [6.45, 7) is 8.37. The van der Waals surface area contributed by atoms with Crippen molar-refractivity contribution < 1.29 is 19.4 Å². The van der Waals surface area contributed by atoms with Gasteiger partial charge in [0.05, 0.1) is 7.11 Å². The predicted octanol–water partition coefficient (Wildman–Crippen LogP) is 2.58. The van der Waals surface area contributed by atoms with Crippen molar-refractivity contribution in [1.29, 1.82) is 0 Å². The van der Waals surface area contributed by atoms with Crippen molar-refractivity contribution in [2.45, 2.75) is 39.3 Å². The molecule has 0 radical (unpaired) electrons. The number of aromatic hydroxyl groups is 1. The Balaban J connectivity index is 2.41. The van der Waals surface area contributed by atoms with Crippen LogP contribution in [0.4, 0.5) is 4.79 Å². The van der Waals surface area contributed by atoms with Crippen molar-refractivity contribution in [2.75, 3.05) is 20.2 Å². The molecule has 6 heteroatoms. The van der Waals surface area contributed by atoms with Gasteiger partial charge in [0.15, 0.2) is 0 Å². The van der Waals surface area contributed by atoms with Crippen LogP contribution in [0.25, 0.3) is 0 Å². The SMILES string of the molecule is COc1ccc(O)c(C(C)NCCNC(=O)OC(C)(C)C)c1. The number of amides is 1. The van der Waals surface area contributed by atoms with E-state index in [1.54, 1.807) is 25.3 Å². The third kappa shape index (κ3) is 6.22. The minimum absolute atomic E-state index is 0.0736. The number of phenols is 1. The molecule has 22 heavy (non-hydrogen) atoms. The van der Waals surface area contributed by atoms with Gasteiger partial charge in [-0.1, -0.05) is 0 Å². The summed E-state index contributed by atoms with van der Waals surface area (Å²) in [5.74, 6) is 0.897. The minimum Gasteiger partial charge on any atom is -0.508 e. The van der Waals surface area contributed by atoms with Gasteiger partial charge < -0.3 is 25.2 Å². The zero-order chi connectivity index (χ0) is 16.8. The highest BCUT2D eigenvalue weighted by Gasteiger charge is 2.16. The average molecular weight is 310 g/mol. The third-order valence-corrected chi connectivity index (χ3v) is 2.94. The molecule has 6 nitrogen and oxygen atoms in total. The Morgan fingerprint density at radius 2 is 2.00 bits per heavy atom. The largest absolute Gasteiger partial charge is 0.508 e. The van der Waals surface area contributed by atoms with Gasteiger partial charge in [0.1, 0.15) is 17.1 Å². The molecule has 0 spiro atoms. The zero-order valence-corrected chi connectivity index (χ0v) is 13.9. The van der Waals surface area contributed by atoms with Gasteiger partial charge in [-0.15, -0.1) is 0 Å². The van der Waals surface area contributed by atoms with Crippen molar-refractivity contribution in [3.8, 4) is 11.5 Å². The van der Waals surface area contributed by atoms with Gasteiger partial charge in [0.2, 0.25) is 0 Å². The molecule has 1 atom stereocenters. The number of alkyl carbamates (subject to hydrolysis) is 1. The highest BCUT2D eigenvalue weighted by Crippen LogP contribution is 2.27. The van der Waals surface area contributed by atoms with Gasteiger partial charge in [0, 0.05) is 24.7 Å². The summed E-state index contributed by atoms with van der Waals surface area (Å²) in [4.78, 5) is 11.5. The summed E-state index contributed by atoms with van der Waals surface area (Å²) < 4.78 is 10.3. The first-order chi connectivity index (χ1) is 10.2. The van der Waals surface area contributed by atoms with E-state index in [-0.39, 0.29) is 11.8 Å². The quantitative estimate of drug-likeness (QED) is 0.704. The first kappa shape index (κ1) is 18.1. The van der Waals surface area contributed by atoms with Crippen LogP contribution in [0.2, 0.25) is 0 Å². The summed E-state index contributed by atoms with van der Waals surface area (Å²) in [5, 5.41) is 15.8. The molecule has 0 aliphatic heterocycles. The van der Waals surface area contributed by atoms with Crippen LogP contribution in [0.3, 0.4) is 0 Å². The number of benzene rings is 1. The van der Waals surface area contributed by atoms with Gasteiger partial charge in [-0.3, -0.25) is 0 Å². The van der Waals surface area contributed by atoms with Crippen molar-refractivity contribution >= 4 is 6.09 Å². The molecule has 0 bridgehead atoms. The highest BCUT2D eigenvalue weighted by atomic mass is 16.6. The Kier molecular flexibility index (Phi) is 6.49. The molecule has 0 aliphatic carbocycles. The van der Waals surface area contributed by atoms with E-state index >= 15 is 0 Å². The maximum atomic E-state index is 11.5. The van der Waals surface area contributed by atoms with E-state index in [4.69, 9.17) is 9.47 Å². The smallest absolute Gasteiger partial charge is 0.407 e. The molecule has 0 aromatic heterocycles. The van der Waals surface area contributed by atoms with Crippen LogP contribution in [0.1, 0.15) is 39.3 Å². The summed E-state index contributed by atoms with van der Waals surface area (Å²) in [5.41, 5.74) is 0.244. The second-order valence-corrected chi connectivity index (χ2v) is 6.03. The van der Waals surface area contributed by atoms with Gasteiger partial charge in [0.25, 0.3) is 0 Å². The number of carbonyl (C=O) groups is 1. The van der Waals surface area contributed by atoms with Gasteiger partial charge in [-0.2, -0.15) is 0 Å². The van der Waals surface area contributed by atoms with Crippen LogP contribution in [0.5, 0.6) is 11.5 Å². The molecule has 0 heterocycles. The molecule has 1 rings (SSSR count). The van der Waals surface area contributed by atoms with Gasteiger partial charge >= 0.3 is 6.09 Å². The first-order valence-electron chi connectivity index (χ1n) is 7.30. The fourth-order valence-electron chi connectivity index (χ4n) is 1.88. The molecule has 1 aromatic rings. The van der Waals surface area contributed by atoms with Crippen molar-refractivity contribution in [2.24, 2.45) is 0 Å². The Morgan fingerprint density at radius 1 is 1.32 bits per heavy atom. The van der Waals surface area contributed by atoms with E-state index < -0.39 is 11.7 Å². The molecule has 3 N–H and O–H groups in total. The number of methoxy groups -OCH3 is 1. The fraction of sp³-hybridized carbons (Fsp3) is 0.562. The minimum atomic E-state index is -0.503. The van der Waals surface area contributed by atoms with Gasteiger partial charge in [-0.25, -0.2) is 4.79 Å². The van der Waals surface area contributed by atoms with Crippen molar-refractivity contribution in [3.63, 3.8) is 0 Å². The Hall–Kier alpha value is -1.95. The maximum Gasteiger partial charge on any atom is 0.407 e. The lowest BCUT2D eigenvalue weighted by Gasteiger charge is -2.20. The van der Waals surface area contributed by atoms with E-state index in [0.29, 0.717) is 18.8 Å². The Labute approximate surface area is 131 Å². The summed E-state index contributed by atoms with van der Waals surface area (Å²) in [7, 11) is 1.58. The lowest BCUT2D eigenvalue weighted by molar-refractivity contribution is 0.0528. The Morgan fingerprint density at radius 3 is 2.59 bits per heavy atom. The number of hydrogen-bond donors (Lipinski definition) is 3. The molecule has 0 aliphatic rings. The molecule has 0 saturated heterocycles. The van der Waals surface area contributed by atoms with E-state index in [0.717, 1.165) is 5.56 Å². The lowest BCUT2D eigenvalue weighted by Crippen LogP contribution is -2.36. The van der Waals surface area contributed by atoms with Gasteiger partial charge in [-0.05, 0) is 45.9 Å². The third-order valence-electron chi connectivity index (χ3n) is 2.94. The van der Waals surface area contributed by atoms with Crippen LogP contribution >= 0.6 is 0 Å². The summed E-state index contributed by atoms with van der Waals surface area (Å²) >= 11 is 0. The topological polar surface area (TPSA) is 79.8 Å². The number of phenolic OH excluding ortho intramolecular Hbond substituents is 1. The van der Waals surface area contributed by atoms with Crippen LogP contribution in [-0.2, 0) is 4.74 Å². The second-order valence-electron chi connectivity index (χ2n) is 6.03. The average Bonchev–Trinajstić information content (AvgIpc) is 2.42. The molecule has 124 valence electrons. The normalized spacial score (nSPS) is 12.6. The predicted molar refractivity (Wildman–Crippen MR) is 85.3 cm³/mol. The van der Waals surface area contributed by atoms with Crippen molar-refractivity contribution in [1.82, 2.24) is 10.6 Å². The molecule has 1 amide bonds. The number of hydrogen-bond acceptors (Lipinski definition) is 5. The second kappa shape index (κ2) is 7.89. The number of rotatable bonds is 6. The van der Waals surface area contributed by atoms with E-state index in [1.807, 2.05) is 27.7 Å².